The molecule has 3 rings (SSSR count). The maximum atomic E-state index is 13.3. The van der Waals surface area contributed by atoms with Gasteiger partial charge in [0.05, 0.1) is 23.9 Å². The van der Waals surface area contributed by atoms with Crippen LogP contribution >= 0.6 is 0 Å². The molecule has 1 heterocycles. The largest absolute Gasteiger partial charge is 0.475 e. The van der Waals surface area contributed by atoms with Crippen LogP contribution in [0.2, 0.25) is 0 Å². The highest BCUT2D eigenvalue weighted by Crippen LogP contribution is 2.40. The van der Waals surface area contributed by atoms with Crippen molar-refractivity contribution in [3.63, 3.8) is 0 Å². The number of carbonyl (C=O) groups is 1. The lowest BCUT2D eigenvalue weighted by Crippen LogP contribution is -2.42. The summed E-state index contributed by atoms with van der Waals surface area (Å²) in [6.45, 7) is 5.70. The Morgan fingerprint density at radius 2 is 1.96 bits per heavy atom. The molecule has 0 spiro atoms. The summed E-state index contributed by atoms with van der Waals surface area (Å²) >= 11 is 0. The Morgan fingerprint density at radius 1 is 1.14 bits per heavy atom. The Kier molecular flexibility index (Phi) is 7.04. The molecule has 2 aromatic rings. The van der Waals surface area contributed by atoms with Gasteiger partial charge < -0.3 is 14.8 Å². The third-order valence-electron chi connectivity index (χ3n) is 5.39. The third-order valence-corrected chi connectivity index (χ3v) is 5.39. The molecule has 5 heteroatoms. The minimum absolute atomic E-state index is 0.0598. The summed E-state index contributed by atoms with van der Waals surface area (Å²) in [7, 11) is 0. The summed E-state index contributed by atoms with van der Waals surface area (Å²) in [5.74, 6) is 0.591. The van der Waals surface area contributed by atoms with Crippen LogP contribution in [-0.4, -0.2) is 30.7 Å². The van der Waals surface area contributed by atoms with E-state index >= 15 is 0 Å². The Morgan fingerprint density at radius 3 is 2.64 bits per heavy atom. The lowest BCUT2D eigenvalue weighted by atomic mass is 9.68. The molecule has 1 N–H and O–H groups in total. The summed E-state index contributed by atoms with van der Waals surface area (Å²) in [4.78, 5) is 17.6. The molecule has 0 bridgehead atoms. The molecule has 1 aliphatic carbocycles. The number of nitrogens with zero attached hydrogens (tertiary/aromatic N) is 1. The van der Waals surface area contributed by atoms with Crippen molar-refractivity contribution in [2.45, 2.75) is 51.4 Å². The van der Waals surface area contributed by atoms with Crippen LogP contribution in [0.15, 0.2) is 42.6 Å². The molecular weight excluding hydrogens is 352 g/mol. The lowest BCUT2D eigenvalue weighted by Gasteiger charge is -2.36. The second-order valence-electron chi connectivity index (χ2n) is 7.40. The van der Waals surface area contributed by atoms with E-state index in [2.05, 4.69) is 35.4 Å². The maximum absolute atomic E-state index is 13.3. The summed E-state index contributed by atoms with van der Waals surface area (Å²) in [5.41, 5.74) is 2.54. The van der Waals surface area contributed by atoms with Crippen molar-refractivity contribution < 1.29 is 14.3 Å². The van der Waals surface area contributed by atoms with E-state index in [1.165, 1.54) is 12.0 Å². The Hall–Kier alpha value is -2.40. The molecule has 0 atom stereocenters. The topological polar surface area (TPSA) is 60.5 Å². The summed E-state index contributed by atoms with van der Waals surface area (Å²) in [6, 6.07) is 12.0. The van der Waals surface area contributed by atoms with Crippen LogP contribution in [0.25, 0.3) is 0 Å². The van der Waals surface area contributed by atoms with E-state index in [1.807, 2.05) is 19.1 Å². The lowest BCUT2D eigenvalue weighted by molar-refractivity contribution is -0.122. The Balaban J connectivity index is 1.70. The number of hydrogen-bond acceptors (Lipinski definition) is 4. The van der Waals surface area contributed by atoms with Crippen LogP contribution < -0.4 is 10.1 Å². The van der Waals surface area contributed by atoms with Crippen molar-refractivity contribution in [2.24, 2.45) is 0 Å². The number of pyridine rings is 1. The summed E-state index contributed by atoms with van der Waals surface area (Å²) < 4.78 is 10.8. The predicted molar refractivity (Wildman–Crippen MR) is 111 cm³/mol. The van der Waals surface area contributed by atoms with Crippen molar-refractivity contribution in [1.29, 1.82) is 0 Å². The summed E-state index contributed by atoms with van der Waals surface area (Å²) in [6.07, 6.45) is 6.76. The zero-order valence-corrected chi connectivity index (χ0v) is 16.9. The monoisotopic (exact) mass is 382 g/mol. The van der Waals surface area contributed by atoms with Crippen molar-refractivity contribution in [2.75, 3.05) is 25.1 Å². The quantitative estimate of drug-likeness (QED) is 0.675. The molecule has 1 aromatic heterocycles. The minimum atomic E-state index is -0.461. The average Bonchev–Trinajstić information content (AvgIpc) is 2.73. The predicted octanol–water partition coefficient (Wildman–Crippen LogP) is 4.65. The summed E-state index contributed by atoms with van der Waals surface area (Å²) in [5, 5.41) is 3.09. The van der Waals surface area contributed by atoms with Gasteiger partial charge in [-0.05, 0) is 38.3 Å². The molecule has 0 saturated heterocycles. The number of nitrogens with one attached hydrogen (secondary N) is 1. The van der Waals surface area contributed by atoms with Gasteiger partial charge in [0.2, 0.25) is 11.8 Å². The smallest absolute Gasteiger partial charge is 0.235 e. The van der Waals surface area contributed by atoms with Gasteiger partial charge in [0.15, 0.2) is 0 Å². The van der Waals surface area contributed by atoms with Crippen LogP contribution in [0, 0.1) is 6.92 Å². The third kappa shape index (κ3) is 4.90. The molecule has 5 nitrogen and oxygen atoms in total. The molecule has 0 unspecified atom stereocenters. The molecule has 150 valence electrons. The first-order chi connectivity index (χ1) is 13.6. The average molecular weight is 383 g/mol. The second-order valence-corrected chi connectivity index (χ2v) is 7.40. The number of benzene rings is 1. The van der Waals surface area contributed by atoms with Gasteiger partial charge in [-0.25, -0.2) is 4.98 Å². The molecule has 1 aromatic carbocycles. The van der Waals surface area contributed by atoms with Crippen molar-refractivity contribution in [3.05, 3.63) is 53.7 Å². The van der Waals surface area contributed by atoms with Crippen LogP contribution in [0.5, 0.6) is 5.88 Å². The van der Waals surface area contributed by atoms with Gasteiger partial charge in [-0.3, -0.25) is 4.79 Å². The molecule has 1 aliphatic rings. The first-order valence-corrected chi connectivity index (χ1v) is 10.2. The van der Waals surface area contributed by atoms with Crippen molar-refractivity contribution in [1.82, 2.24) is 4.98 Å². The number of aromatic nitrogens is 1. The van der Waals surface area contributed by atoms with E-state index in [9.17, 15) is 4.79 Å². The van der Waals surface area contributed by atoms with Crippen molar-refractivity contribution >= 4 is 11.6 Å². The number of anilines is 1. The molecular formula is C23H30N2O3. The fourth-order valence-electron chi connectivity index (χ4n) is 3.88. The van der Waals surface area contributed by atoms with Crippen LogP contribution in [0.4, 0.5) is 5.69 Å². The van der Waals surface area contributed by atoms with Gasteiger partial charge in [0.25, 0.3) is 0 Å². The normalized spacial score (nSPS) is 15.8. The zero-order chi connectivity index (χ0) is 19.8. The van der Waals surface area contributed by atoms with E-state index in [-0.39, 0.29) is 5.91 Å². The van der Waals surface area contributed by atoms with Crippen LogP contribution in [0.3, 0.4) is 0 Å². The van der Waals surface area contributed by atoms with E-state index < -0.39 is 5.41 Å². The second kappa shape index (κ2) is 9.69. The molecule has 0 aliphatic heterocycles. The van der Waals surface area contributed by atoms with E-state index in [0.717, 1.165) is 31.2 Å². The molecule has 1 saturated carbocycles. The molecule has 28 heavy (non-hydrogen) atoms. The van der Waals surface area contributed by atoms with Gasteiger partial charge in [0, 0.05) is 12.7 Å². The van der Waals surface area contributed by atoms with Gasteiger partial charge in [-0.1, -0.05) is 49.1 Å². The van der Waals surface area contributed by atoms with Gasteiger partial charge in [-0.15, -0.1) is 0 Å². The Labute approximate surface area is 167 Å². The SMILES string of the molecule is CCOCCOc1ccc(NC(=O)C2(c3cccc(C)c3)CCCCC2)cn1. The highest BCUT2D eigenvalue weighted by molar-refractivity contribution is 5.99. The number of ether oxygens (including phenoxy) is 2. The highest BCUT2D eigenvalue weighted by Gasteiger charge is 2.41. The number of amides is 1. The maximum Gasteiger partial charge on any atom is 0.235 e. The first-order valence-electron chi connectivity index (χ1n) is 10.2. The van der Waals surface area contributed by atoms with Crippen LogP contribution in [0.1, 0.15) is 50.2 Å². The standard InChI is InChI=1S/C23H30N2O3/c1-3-27-14-15-28-21-11-10-20(17-24-21)25-22(26)23(12-5-4-6-13-23)19-9-7-8-18(2)16-19/h7-11,16-17H,3-6,12-15H2,1-2H3,(H,25,26). The fraction of sp³-hybridized carbons (Fsp3) is 0.478. The molecule has 1 fully saturated rings. The molecule has 0 radical (unpaired) electrons. The van der Waals surface area contributed by atoms with Gasteiger partial charge >= 0.3 is 0 Å². The van der Waals surface area contributed by atoms with E-state index in [4.69, 9.17) is 9.47 Å². The molecule has 1 amide bonds. The number of rotatable bonds is 8. The van der Waals surface area contributed by atoms with Gasteiger partial charge in [0.1, 0.15) is 6.61 Å². The number of carbonyl (C=O) groups excluding carboxylic acids is 1. The fourth-order valence-corrected chi connectivity index (χ4v) is 3.88. The number of aryl methyl sites for hydroxylation is 1. The van der Waals surface area contributed by atoms with Crippen molar-refractivity contribution in [3.8, 4) is 5.88 Å². The Bertz CT molecular complexity index is 768. The number of hydrogen-bond donors (Lipinski definition) is 1. The van der Waals surface area contributed by atoms with E-state index in [1.54, 1.807) is 12.3 Å². The van der Waals surface area contributed by atoms with Crippen LogP contribution in [-0.2, 0) is 14.9 Å². The van der Waals surface area contributed by atoms with Gasteiger partial charge in [-0.2, -0.15) is 0 Å². The zero-order valence-electron chi connectivity index (χ0n) is 16.9. The first kappa shape index (κ1) is 20.3. The minimum Gasteiger partial charge on any atom is -0.475 e. The van der Waals surface area contributed by atoms with E-state index in [0.29, 0.717) is 31.4 Å². The highest BCUT2D eigenvalue weighted by atomic mass is 16.5.